The van der Waals surface area contributed by atoms with Crippen molar-refractivity contribution in [2.24, 2.45) is 0 Å². The van der Waals surface area contributed by atoms with Crippen molar-refractivity contribution in [2.45, 2.75) is 13.5 Å². The van der Waals surface area contributed by atoms with E-state index in [0.717, 1.165) is 44.2 Å². The molecule has 1 N–H and O–H groups in total. The Bertz CT molecular complexity index is 705. The Morgan fingerprint density at radius 3 is 2.19 bits per heavy atom. The summed E-state index contributed by atoms with van der Waals surface area (Å²) in [4.78, 5) is 16.9. The Morgan fingerprint density at radius 1 is 0.962 bits per heavy atom. The number of rotatable bonds is 6. The van der Waals surface area contributed by atoms with Gasteiger partial charge in [0, 0.05) is 38.4 Å². The average molecular weight is 353 g/mol. The van der Waals surface area contributed by atoms with Crippen LogP contribution in [0.5, 0.6) is 5.75 Å². The van der Waals surface area contributed by atoms with E-state index in [2.05, 4.69) is 46.3 Å². The third kappa shape index (κ3) is 5.31. The van der Waals surface area contributed by atoms with Crippen LogP contribution in [0.4, 0.5) is 5.69 Å². The van der Waals surface area contributed by atoms with Gasteiger partial charge in [-0.3, -0.25) is 14.6 Å². The van der Waals surface area contributed by atoms with Crippen molar-refractivity contribution >= 4 is 11.6 Å². The first-order valence-corrected chi connectivity index (χ1v) is 9.06. The van der Waals surface area contributed by atoms with Crippen LogP contribution in [0.3, 0.4) is 0 Å². The van der Waals surface area contributed by atoms with Crippen LogP contribution in [0.2, 0.25) is 0 Å². The maximum atomic E-state index is 12.2. The Labute approximate surface area is 155 Å². The zero-order valence-electron chi connectivity index (χ0n) is 15.6. The highest BCUT2D eigenvalue weighted by Gasteiger charge is 2.19. The van der Waals surface area contributed by atoms with Crippen LogP contribution < -0.4 is 10.1 Å². The van der Waals surface area contributed by atoms with Crippen molar-refractivity contribution in [3.05, 3.63) is 59.7 Å². The molecule has 0 aromatic heterocycles. The van der Waals surface area contributed by atoms with E-state index in [4.69, 9.17) is 4.74 Å². The number of carbonyl (C=O) groups is 1. The third-order valence-corrected chi connectivity index (χ3v) is 4.73. The van der Waals surface area contributed by atoms with Gasteiger partial charge in [0.15, 0.2) is 0 Å². The lowest BCUT2D eigenvalue weighted by atomic mass is 10.1. The quantitative estimate of drug-likeness (QED) is 0.867. The first kappa shape index (κ1) is 18.4. The van der Waals surface area contributed by atoms with Crippen molar-refractivity contribution in [2.75, 3.05) is 45.2 Å². The molecule has 3 rings (SSSR count). The van der Waals surface area contributed by atoms with Gasteiger partial charge >= 0.3 is 0 Å². The number of aryl methyl sites for hydroxylation is 1. The summed E-state index contributed by atoms with van der Waals surface area (Å²) < 4.78 is 5.13. The number of ether oxygens (including phenoxy) is 1. The van der Waals surface area contributed by atoms with Crippen LogP contribution in [0.15, 0.2) is 48.5 Å². The van der Waals surface area contributed by atoms with Gasteiger partial charge in [0.25, 0.3) is 0 Å². The molecule has 1 amide bonds. The van der Waals surface area contributed by atoms with Crippen molar-refractivity contribution in [3.8, 4) is 5.75 Å². The lowest BCUT2D eigenvalue weighted by Gasteiger charge is -2.34. The van der Waals surface area contributed by atoms with Crippen LogP contribution in [0.25, 0.3) is 0 Å². The molecule has 1 saturated heterocycles. The van der Waals surface area contributed by atoms with Crippen LogP contribution in [-0.2, 0) is 11.3 Å². The number of amides is 1. The van der Waals surface area contributed by atoms with Gasteiger partial charge in [-0.2, -0.15) is 0 Å². The predicted octanol–water partition coefficient (Wildman–Crippen LogP) is 2.76. The molecule has 1 aliphatic rings. The number of hydrogen-bond acceptors (Lipinski definition) is 4. The molecular weight excluding hydrogens is 326 g/mol. The number of carbonyl (C=O) groups excluding carboxylic acids is 1. The Balaban J connectivity index is 1.41. The third-order valence-electron chi connectivity index (χ3n) is 4.73. The van der Waals surface area contributed by atoms with Gasteiger partial charge < -0.3 is 10.1 Å². The number of piperazine rings is 1. The maximum Gasteiger partial charge on any atom is 0.238 e. The number of nitrogens with zero attached hydrogens (tertiary/aromatic N) is 2. The summed E-state index contributed by atoms with van der Waals surface area (Å²) >= 11 is 0. The molecule has 1 fully saturated rings. The average Bonchev–Trinajstić information content (AvgIpc) is 2.66. The number of nitrogens with one attached hydrogen (secondary N) is 1. The second-order valence-corrected chi connectivity index (χ2v) is 6.81. The lowest BCUT2D eigenvalue weighted by molar-refractivity contribution is -0.117. The summed E-state index contributed by atoms with van der Waals surface area (Å²) in [6.45, 7) is 7.34. The molecule has 26 heavy (non-hydrogen) atoms. The molecule has 2 aromatic rings. The normalized spacial score (nSPS) is 15.6. The molecule has 5 nitrogen and oxygen atoms in total. The smallest absolute Gasteiger partial charge is 0.238 e. The molecule has 0 spiro atoms. The first-order valence-electron chi connectivity index (χ1n) is 9.06. The van der Waals surface area contributed by atoms with Gasteiger partial charge in [-0.05, 0) is 36.8 Å². The largest absolute Gasteiger partial charge is 0.497 e. The molecule has 2 aromatic carbocycles. The van der Waals surface area contributed by atoms with Crippen LogP contribution >= 0.6 is 0 Å². The van der Waals surface area contributed by atoms with Gasteiger partial charge in [0.2, 0.25) is 5.91 Å². The minimum Gasteiger partial charge on any atom is -0.497 e. The van der Waals surface area contributed by atoms with E-state index in [1.54, 1.807) is 7.11 Å². The fourth-order valence-corrected chi connectivity index (χ4v) is 3.14. The van der Waals surface area contributed by atoms with E-state index in [9.17, 15) is 4.79 Å². The molecule has 5 heteroatoms. The second kappa shape index (κ2) is 8.83. The molecule has 0 saturated carbocycles. The minimum atomic E-state index is 0.0298. The van der Waals surface area contributed by atoms with Gasteiger partial charge in [-0.25, -0.2) is 0 Å². The Hall–Kier alpha value is -2.37. The van der Waals surface area contributed by atoms with E-state index < -0.39 is 0 Å². The van der Waals surface area contributed by atoms with Crippen LogP contribution in [-0.4, -0.2) is 55.5 Å². The molecule has 138 valence electrons. The van der Waals surface area contributed by atoms with Gasteiger partial charge in [-0.1, -0.05) is 29.8 Å². The summed E-state index contributed by atoms with van der Waals surface area (Å²) in [6.07, 6.45) is 0. The van der Waals surface area contributed by atoms with Crippen molar-refractivity contribution < 1.29 is 9.53 Å². The molecule has 1 heterocycles. The second-order valence-electron chi connectivity index (χ2n) is 6.81. The van der Waals surface area contributed by atoms with Crippen molar-refractivity contribution in [1.29, 1.82) is 0 Å². The Kier molecular flexibility index (Phi) is 6.26. The highest BCUT2D eigenvalue weighted by molar-refractivity contribution is 5.92. The molecule has 0 radical (unpaired) electrons. The van der Waals surface area contributed by atoms with E-state index >= 15 is 0 Å². The molecule has 0 aliphatic carbocycles. The van der Waals surface area contributed by atoms with Gasteiger partial charge in [-0.15, -0.1) is 0 Å². The van der Waals surface area contributed by atoms with E-state index in [1.807, 2.05) is 24.3 Å². The fourth-order valence-electron chi connectivity index (χ4n) is 3.14. The fraction of sp³-hybridized carbons (Fsp3) is 0.381. The summed E-state index contributed by atoms with van der Waals surface area (Å²) in [5.41, 5.74) is 3.44. The molecule has 1 aliphatic heterocycles. The lowest BCUT2D eigenvalue weighted by Crippen LogP contribution is -2.48. The van der Waals surface area contributed by atoms with E-state index in [0.29, 0.717) is 6.54 Å². The van der Waals surface area contributed by atoms with Crippen molar-refractivity contribution in [3.63, 3.8) is 0 Å². The highest BCUT2D eigenvalue weighted by atomic mass is 16.5. The summed E-state index contributed by atoms with van der Waals surface area (Å²) in [5, 5.41) is 2.95. The highest BCUT2D eigenvalue weighted by Crippen LogP contribution is 2.15. The van der Waals surface area contributed by atoms with Gasteiger partial charge in [0.05, 0.1) is 13.7 Å². The zero-order chi connectivity index (χ0) is 18.4. The zero-order valence-corrected chi connectivity index (χ0v) is 15.6. The molecular formula is C21H27N3O2. The summed E-state index contributed by atoms with van der Waals surface area (Å²) in [5.74, 6) is 0.815. The van der Waals surface area contributed by atoms with E-state index in [-0.39, 0.29) is 5.91 Å². The number of benzene rings is 2. The summed E-state index contributed by atoms with van der Waals surface area (Å²) in [7, 11) is 1.63. The molecule has 0 atom stereocenters. The molecule has 0 unspecified atom stereocenters. The van der Waals surface area contributed by atoms with E-state index in [1.165, 1.54) is 11.1 Å². The SMILES string of the molecule is COc1ccc(NC(=O)CN2CCN(Cc3ccc(C)cc3)CC2)cc1. The van der Waals surface area contributed by atoms with Crippen LogP contribution in [0.1, 0.15) is 11.1 Å². The Morgan fingerprint density at radius 2 is 1.58 bits per heavy atom. The predicted molar refractivity (Wildman–Crippen MR) is 105 cm³/mol. The molecule has 0 bridgehead atoms. The summed E-state index contributed by atoms with van der Waals surface area (Å²) in [6, 6.07) is 16.1. The minimum absolute atomic E-state index is 0.0298. The standard InChI is InChI=1S/C21H27N3O2/c1-17-3-5-18(6-4-17)15-23-11-13-24(14-12-23)16-21(25)22-19-7-9-20(26-2)10-8-19/h3-10H,11-16H2,1-2H3,(H,22,25). The number of methoxy groups -OCH3 is 1. The topological polar surface area (TPSA) is 44.8 Å². The monoisotopic (exact) mass is 353 g/mol. The first-order chi connectivity index (χ1) is 12.6. The van der Waals surface area contributed by atoms with Crippen molar-refractivity contribution in [1.82, 2.24) is 9.80 Å². The van der Waals surface area contributed by atoms with Crippen LogP contribution in [0, 0.1) is 6.92 Å². The maximum absolute atomic E-state index is 12.2. The van der Waals surface area contributed by atoms with Gasteiger partial charge in [0.1, 0.15) is 5.75 Å². The number of hydrogen-bond donors (Lipinski definition) is 1. The number of anilines is 1.